The number of morpholine rings is 1. The lowest BCUT2D eigenvalue weighted by molar-refractivity contribution is -0.113. The summed E-state index contributed by atoms with van der Waals surface area (Å²) in [6.07, 6.45) is 0. The van der Waals surface area contributed by atoms with Gasteiger partial charge in [0.1, 0.15) is 5.82 Å². The Morgan fingerprint density at radius 1 is 1.17 bits per heavy atom. The summed E-state index contributed by atoms with van der Waals surface area (Å²) in [7, 11) is -3.57. The van der Waals surface area contributed by atoms with Gasteiger partial charge in [-0.2, -0.15) is 4.31 Å². The third kappa shape index (κ3) is 5.93. The molecule has 1 amide bonds. The Balaban J connectivity index is 1.52. The van der Waals surface area contributed by atoms with Crippen LogP contribution in [0.2, 0.25) is 5.02 Å². The Bertz CT molecular complexity index is 965. The van der Waals surface area contributed by atoms with Crippen molar-refractivity contribution in [2.75, 3.05) is 37.4 Å². The van der Waals surface area contributed by atoms with Crippen LogP contribution in [0.5, 0.6) is 0 Å². The number of carbonyl (C=O) groups excluding carboxylic acids is 1. The second-order valence-corrected chi connectivity index (χ2v) is 9.68. The lowest BCUT2D eigenvalue weighted by atomic mass is 10.2. The van der Waals surface area contributed by atoms with E-state index in [0.717, 1.165) is 0 Å². The van der Waals surface area contributed by atoms with Gasteiger partial charge in [-0.15, -0.1) is 11.8 Å². The van der Waals surface area contributed by atoms with Crippen LogP contribution in [0.25, 0.3) is 0 Å². The normalized spacial score (nSPS) is 15.2. The molecule has 1 aliphatic rings. The number of amides is 1. The third-order valence-electron chi connectivity index (χ3n) is 4.25. The number of nitrogens with one attached hydrogen (secondary N) is 1. The molecule has 0 radical (unpaired) electrons. The van der Waals surface area contributed by atoms with Gasteiger partial charge < -0.3 is 10.1 Å². The summed E-state index contributed by atoms with van der Waals surface area (Å²) in [4.78, 5) is 12.3. The van der Waals surface area contributed by atoms with E-state index >= 15 is 0 Å². The standard InChI is InChI=1S/C19H20ClFN2O4S2/c20-15-2-1-14(18(21)11-15)12-28-13-19(24)22-16-3-5-17(6-4-16)29(25,26)23-7-9-27-10-8-23/h1-6,11H,7-10,12-13H2,(H,22,24). The van der Waals surface area contributed by atoms with Crippen molar-refractivity contribution < 1.29 is 22.3 Å². The van der Waals surface area contributed by atoms with Crippen LogP contribution in [-0.2, 0) is 25.3 Å². The van der Waals surface area contributed by atoms with Gasteiger partial charge in [0.25, 0.3) is 0 Å². The summed E-state index contributed by atoms with van der Waals surface area (Å²) < 4.78 is 45.5. The molecule has 0 spiro atoms. The quantitative estimate of drug-likeness (QED) is 0.688. The van der Waals surface area contributed by atoms with Crippen LogP contribution < -0.4 is 5.32 Å². The van der Waals surface area contributed by atoms with Crippen LogP contribution in [0.3, 0.4) is 0 Å². The second kappa shape index (κ2) is 9.90. The highest BCUT2D eigenvalue weighted by Crippen LogP contribution is 2.21. The van der Waals surface area contributed by atoms with Gasteiger partial charge in [0.15, 0.2) is 0 Å². The van der Waals surface area contributed by atoms with Gasteiger partial charge in [-0.1, -0.05) is 17.7 Å². The van der Waals surface area contributed by atoms with E-state index in [0.29, 0.717) is 48.3 Å². The van der Waals surface area contributed by atoms with E-state index in [1.807, 2.05) is 0 Å². The van der Waals surface area contributed by atoms with E-state index in [2.05, 4.69) is 5.32 Å². The Hall–Kier alpha value is -1.65. The number of carbonyl (C=O) groups is 1. The van der Waals surface area contributed by atoms with Crippen molar-refractivity contribution in [1.82, 2.24) is 4.31 Å². The van der Waals surface area contributed by atoms with Crippen LogP contribution in [0, 0.1) is 5.82 Å². The summed E-state index contributed by atoms with van der Waals surface area (Å²) in [6, 6.07) is 10.5. The number of nitrogens with zero attached hydrogens (tertiary/aromatic N) is 1. The molecule has 2 aromatic carbocycles. The van der Waals surface area contributed by atoms with E-state index < -0.39 is 15.8 Å². The van der Waals surface area contributed by atoms with Gasteiger partial charge in [-0.25, -0.2) is 12.8 Å². The molecule has 1 aliphatic heterocycles. The highest BCUT2D eigenvalue weighted by atomic mass is 35.5. The smallest absolute Gasteiger partial charge is 0.243 e. The second-order valence-electron chi connectivity index (χ2n) is 6.32. The first kappa shape index (κ1) is 22.0. The van der Waals surface area contributed by atoms with E-state index in [1.54, 1.807) is 24.3 Å². The maximum absolute atomic E-state index is 13.7. The Morgan fingerprint density at radius 2 is 1.86 bits per heavy atom. The fourth-order valence-electron chi connectivity index (χ4n) is 2.74. The Kier molecular flexibility index (Phi) is 7.53. The molecule has 156 valence electrons. The molecule has 1 saturated heterocycles. The number of rotatable bonds is 7. The van der Waals surface area contributed by atoms with Crippen molar-refractivity contribution in [3.8, 4) is 0 Å². The first-order valence-corrected chi connectivity index (χ1v) is 11.8. The van der Waals surface area contributed by atoms with E-state index in [9.17, 15) is 17.6 Å². The van der Waals surface area contributed by atoms with E-state index in [-0.39, 0.29) is 16.6 Å². The van der Waals surface area contributed by atoms with Crippen LogP contribution >= 0.6 is 23.4 Å². The predicted molar refractivity (Wildman–Crippen MR) is 112 cm³/mol. The molecule has 10 heteroatoms. The lowest BCUT2D eigenvalue weighted by Crippen LogP contribution is -2.40. The van der Waals surface area contributed by atoms with Crippen molar-refractivity contribution in [1.29, 1.82) is 0 Å². The molecule has 2 aromatic rings. The fraction of sp³-hybridized carbons (Fsp3) is 0.316. The summed E-state index contributed by atoms with van der Waals surface area (Å²) in [5, 5.41) is 3.03. The summed E-state index contributed by atoms with van der Waals surface area (Å²) in [5.41, 5.74) is 0.971. The van der Waals surface area contributed by atoms with E-state index in [4.69, 9.17) is 16.3 Å². The molecule has 0 unspecified atom stereocenters. The molecular weight excluding hydrogens is 439 g/mol. The van der Waals surface area contributed by atoms with Gasteiger partial charge in [0.05, 0.1) is 23.9 Å². The summed E-state index contributed by atoms with van der Waals surface area (Å²) in [5.74, 6) is -0.182. The van der Waals surface area contributed by atoms with Crippen LogP contribution in [0.15, 0.2) is 47.4 Å². The minimum atomic E-state index is -3.57. The van der Waals surface area contributed by atoms with Crippen LogP contribution in [-0.4, -0.2) is 50.7 Å². The zero-order valence-corrected chi connectivity index (χ0v) is 17.8. The topological polar surface area (TPSA) is 75.7 Å². The minimum absolute atomic E-state index is 0.135. The summed E-state index contributed by atoms with van der Waals surface area (Å²) in [6.45, 7) is 1.41. The minimum Gasteiger partial charge on any atom is -0.379 e. The average molecular weight is 459 g/mol. The van der Waals surface area contributed by atoms with Gasteiger partial charge in [0.2, 0.25) is 15.9 Å². The number of halogens is 2. The Morgan fingerprint density at radius 3 is 2.52 bits per heavy atom. The molecule has 6 nitrogen and oxygen atoms in total. The van der Waals surface area contributed by atoms with Crippen LogP contribution in [0.1, 0.15) is 5.56 Å². The number of hydrogen-bond donors (Lipinski definition) is 1. The zero-order valence-electron chi connectivity index (χ0n) is 15.4. The zero-order chi connectivity index (χ0) is 20.9. The van der Waals surface area contributed by atoms with Crippen molar-refractivity contribution >= 4 is 45.0 Å². The van der Waals surface area contributed by atoms with Crippen molar-refractivity contribution in [2.45, 2.75) is 10.6 Å². The monoisotopic (exact) mass is 458 g/mol. The molecule has 1 N–H and O–H groups in total. The highest BCUT2D eigenvalue weighted by molar-refractivity contribution is 7.99. The highest BCUT2D eigenvalue weighted by Gasteiger charge is 2.26. The van der Waals surface area contributed by atoms with Crippen molar-refractivity contribution in [3.63, 3.8) is 0 Å². The number of anilines is 1. The molecule has 0 aromatic heterocycles. The molecule has 0 bridgehead atoms. The SMILES string of the molecule is O=C(CSCc1ccc(Cl)cc1F)Nc1ccc(S(=O)(=O)N2CCOCC2)cc1. The molecule has 3 rings (SSSR count). The number of sulfonamides is 1. The van der Waals surface area contributed by atoms with Crippen molar-refractivity contribution in [2.24, 2.45) is 0 Å². The van der Waals surface area contributed by atoms with E-state index in [1.165, 1.54) is 34.3 Å². The molecule has 0 atom stereocenters. The number of thioether (sulfide) groups is 1. The van der Waals surface area contributed by atoms with Gasteiger partial charge in [0, 0.05) is 29.6 Å². The van der Waals surface area contributed by atoms with Gasteiger partial charge >= 0.3 is 0 Å². The van der Waals surface area contributed by atoms with Crippen LogP contribution in [0.4, 0.5) is 10.1 Å². The largest absolute Gasteiger partial charge is 0.379 e. The summed E-state index contributed by atoms with van der Waals surface area (Å²) >= 11 is 6.99. The van der Waals surface area contributed by atoms with Crippen molar-refractivity contribution in [3.05, 3.63) is 58.9 Å². The number of benzene rings is 2. The lowest BCUT2D eigenvalue weighted by Gasteiger charge is -2.26. The third-order valence-corrected chi connectivity index (χ3v) is 7.38. The van der Waals surface area contributed by atoms with Gasteiger partial charge in [-0.05, 0) is 42.0 Å². The number of ether oxygens (including phenoxy) is 1. The van der Waals surface area contributed by atoms with Gasteiger partial charge in [-0.3, -0.25) is 4.79 Å². The predicted octanol–water partition coefficient (Wildman–Crippen LogP) is 3.37. The molecule has 1 fully saturated rings. The first-order chi connectivity index (χ1) is 13.9. The molecule has 0 saturated carbocycles. The number of hydrogen-bond acceptors (Lipinski definition) is 5. The average Bonchev–Trinajstić information content (AvgIpc) is 2.71. The first-order valence-electron chi connectivity index (χ1n) is 8.86. The fourth-order valence-corrected chi connectivity index (χ4v) is 5.12. The molecule has 0 aliphatic carbocycles. The maximum Gasteiger partial charge on any atom is 0.243 e. The maximum atomic E-state index is 13.7. The Labute approximate surface area is 178 Å². The molecule has 29 heavy (non-hydrogen) atoms. The molecular formula is C19H20ClFN2O4S2. The molecule has 1 heterocycles.